The van der Waals surface area contributed by atoms with Crippen molar-refractivity contribution >= 4 is 23.1 Å². The largest absolute Gasteiger partial charge is 0.507 e. The van der Waals surface area contributed by atoms with Gasteiger partial charge in [-0.3, -0.25) is 14.5 Å². The van der Waals surface area contributed by atoms with E-state index in [4.69, 9.17) is 9.47 Å². The SMILES string of the molecule is CCOc1ccc(C2/C(=C(/O)c3ccc(OC)c(C(C)C)c3)C(=O)C(=O)N2c2ccccc2C)cc1. The van der Waals surface area contributed by atoms with E-state index < -0.39 is 17.7 Å². The Bertz CT molecular complexity index is 1320. The number of aryl methyl sites for hydroxylation is 1. The van der Waals surface area contributed by atoms with Crippen LogP contribution in [0.5, 0.6) is 11.5 Å². The lowest BCUT2D eigenvalue weighted by molar-refractivity contribution is -0.132. The van der Waals surface area contributed by atoms with E-state index in [1.54, 1.807) is 31.4 Å². The Hall–Kier alpha value is -4.06. The molecule has 186 valence electrons. The number of Topliss-reactive ketones (excluding diaryl/α,β-unsaturated/α-hetero) is 1. The summed E-state index contributed by atoms with van der Waals surface area (Å²) in [5.41, 5.74) is 3.56. The van der Waals surface area contributed by atoms with E-state index >= 15 is 0 Å². The minimum atomic E-state index is -0.800. The maximum atomic E-state index is 13.5. The van der Waals surface area contributed by atoms with E-state index in [-0.39, 0.29) is 17.3 Å². The standard InChI is InChI=1S/C30H31NO5/c1-6-36-22-14-11-20(12-15-22)27-26(28(32)21-13-16-25(35-5)23(17-21)18(2)3)29(33)30(34)31(27)24-10-8-7-9-19(24)4/h7-18,27,32H,6H2,1-5H3/b28-26-. The van der Waals surface area contributed by atoms with Gasteiger partial charge in [0.1, 0.15) is 17.3 Å². The van der Waals surface area contributed by atoms with Gasteiger partial charge in [-0.25, -0.2) is 0 Å². The maximum absolute atomic E-state index is 13.5. The molecule has 3 aromatic rings. The van der Waals surface area contributed by atoms with Crippen LogP contribution in [0.2, 0.25) is 0 Å². The average Bonchev–Trinajstić information content (AvgIpc) is 3.14. The van der Waals surface area contributed by atoms with Crippen LogP contribution in [0.1, 0.15) is 55.0 Å². The van der Waals surface area contributed by atoms with Crippen LogP contribution in [0.25, 0.3) is 5.76 Å². The third-order valence-corrected chi connectivity index (χ3v) is 6.45. The number of hydrogen-bond acceptors (Lipinski definition) is 5. The second kappa shape index (κ2) is 10.3. The number of anilines is 1. The molecule has 0 spiro atoms. The quantitative estimate of drug-likeness (QED) is 0.247. The first-order valence-corrected chi connectivity index (χ1v) is 12.1. The molecule has 1 saturated heterocycles. The molecule has 3 aromatic carbocycles. The fourth-order valence-corrected chi connectivity index (χ4v) is 4.63. The van der Waals surface area contributed by atoms with Gasteiger partial charge in [-0.15, -0.1) is 0 Å². The molecule has 1 atom stereocenters. The summed E-state index contributed by atoms with van der Waals surface area (Å²) >= 11 is 0. The van der Waals surface area contributed by atoms with Gasteiger partial charge in [0.2, 0.25) is 0 Å². The van der Waals surface area contributed by atoms with Gasteiger partial charge in [-0.2, -0.15) is 0 Å². The third-order valence-electron chi connectivity index (χ3n) is 6.45. The summed E-state index contributed by atoms with van der Waals surface area (Å²) in [5.74, 6) is -0.105. The summed E-state index contributed by atoms with van der Waals surface area (Å²) in [5, 5.41) is 11.5. The van der Waals surface area contributed by atoms with Gasteiger partial charge >= 0.3 is 0 Å². The van der Waals surface area contributed by atoms with E-state index in [0.29, 0.717) is 34.9 Å². The zero-order valence-electron chi connectivity index (χ0n) is 21.2. The van der Waals surface area contributed by atoms with Crippen molar-refractivity contribution in [2.75, 3.05) is 18.6 Å². The molecule has 4 rings (SSSR count). The van der Waals surface area contributed by atoms with Gasteiger partial charge in [0, 0.05) is 11.3 Å². The molecule has 0 bridgehead atoms. The maximum Gasteiger partial charge on any atom is 0.300 e. The zero-order valence-corrected chi connectivity index (χ0v) is 21.2. The summed E-state index contributed by atoms with van der Waals surface area (Å²) < 4.78 is 11.1. The second-order valence-electron chi connectivity index (χ2n) is 9.07. The number of rotatable bonds is 7. The fourth-order valence-electron chi connectivity index (χ4n) is 4.63. The summed E-state index contributed by atoms with van der Waals surface area (Å²) in [7, 11) is 1.60. The fraction of sp³-hybridized carbons (Fsp3) is 0.267. The van der Waals surface area contributed by atoms with Gasteiger partial charge in [0.05, 0.1) is 25.3 Å². The van der Waals surface area contributed by atoms with E-state index in [9.17, 15) is 14.7 Å². The van der Waals surface area contributed by atoms with Crippen molar-refractivity contribution in [1.29, 1.82) is 0 Å². The minimum absolute atomic E-state index is 0.0484. The first kappa shape index (κ1) is 25.0. The van der Waals surface area contributed by atoms with Gasteiger partial charge < -0.3 is 14.6 Å². The molecule has 1 unspecified atom stereocenters. The molecule has 0 radical (unpaired) electrons. The molecule has 1 fully saturated rings. The second-order valence-corrected chi connectivity index (χ2v) is 9.07. The van der Waals surface area contributed by atoms with Crippen LogP contribution in [-0.2, 0) is 9.59 Å². The number of carbonyl (C=O) groups excluding carboxylic acids is 2. The Balaban J connectivity index is 1.94. The van der Waals surface area contributed by atoms with Gasteiger partial charge in [-0.05, 0) is 72.9 Å². The Kier molecular flexibility index (Phi) is 7.15. The first-order chi connectivity index (χ1) is 17.3. The third kappa shape index (κ3) is 4.47. The Labute approximate surface area is 211 Å². The number of para-hydroxylation sites is 1. The number of aliphatic hydroxyl groups excluding tert-OH is 1. The number of carbonyl (C=O) groups is 2. The highest BCUT2D eigenvalue weighted by atomic mass is 16.5. The van der Waals surface area contributed by atoms with Crippen LogP contribution in [0.4, 0.5) is 5.69 Å². The number of nitrogens with zero attached hydrogens (tertiary/aromatic N) is 1. The van der Waals surface area contributed by atoms with Crippen molar-refractivity contribution in [3.05, 3.63) is 94.6 Å². The molecule has 0 aromatic heterocycles. The van der Waals surface area contributed by atoms with E-state index in [0.717, 1.165) is 11.1 Å². The molecule has 6 nitrogen and oxygen atoms in total. The Morgan fingerprint density at radius 3 is 2.33 bits per heavy atom. The molecule has 0 saturated carbocycles. The lowest BCUT2D eigenvalue weighted by Crippen LogP contribution is -2.30. The topological polar surface area (TPSA) is 76.1 Å². The molecule has 1 aliphatic heterocycles. The number of amides is 1. The minimum Gasteiger partial charge on any atom is -0.507 e. The number of ketones is 1. The predicted molar refractivity (Wildman–Crippen MR) is 141 cm³/mol. The number of methoxy groups -OCH3 is 1. The summed E-state index contributed by atoms with van der Waals surface area (Å²) in [6, 6.07) is 19.2. The van der Waals surface area contributed by atoms with Crippen LogP contribution in [0.3, 0.4) is 0 Å². The van der Waals surface area contributed by atoms with Crippen LogP contribution in [0.15, 0.2) is 72.3 Å². The predicted octanol–water partition coefficient (Wildman–Crippen LogP) is 6.15. The summed E-state index contributed by atoms with van der Waals surface area (Å²) in [6.07, 6.45) is 0. The Morgan fingerprint density at radius 1 is 1.03 bits per heavy atom. The van der Waals surface area contributed by atoms with Crippen LogP contribution < -0.4 is 14.4 Å². The lowest BCUT2D eigenvalue weighted by Gasteiger charge is -2.27. The lowest BCUT2D eigenvalue weighted by atomic mass is 9.93. The molecular formula is C30H31NO5. The van der Waals surface area contributed by atoms with Crippen LogP contribution >= 0.6 is 0 Å². The number of benzene rings is 3. The van der Waals surface area contributed by atoms with Crippen LogP contribution in [-0.4, -0.2) is 30.5 Å². The van der Waals surface area contributed by atoms with Crippen molar-refractivity contribution in [3.8, 4) is 11.5 Å². The molecule has 6 heteroatoms. The molecular weight excluding hydrogens is 454 g/mol. The van der Waals surface area contributed by atoms with E-state index in [1.165, 1.54) is 4.90 Å². The summed E-state index contributed by atoms with van der Waals surface area (Å²) in [4.78, 5) is 28.3. The average molecular weight is 486 g/mol. The zero-order chi connectivity index (χ0) is 26.0. The first-order valence-electron chi connectivity index (χ1n) is 12.1. The van der Waals surface area contributed by atoms with Crippen molar-refractivity contribution < 1.29 is 24.2 Å². The van der Waals surface area contributed by atoms with E-state index in [1.807, 2.05) is 70.2 Å². The number of ether oxygens (including phenoxy) is 2. The molecule has 36 heavy (non-hydrogen) atoms. The highest BCUT2D eigenvalue weighted by molar-refractivity contribution is 6.51. The Morgan fingerprint density at radius 2 is 1.72 bits per heavy atom. The normalized spacial score (nSPS) is 17.1. The summed E-state index contributed by atoms with van der Waals surface area (Å²) in [6.45, 7) is 8.37. The van der Waals surface area contributed by atoms with Crippen molar-refractivity contribution in [2.24, 2.45) is 0 Å². The van der Waals surface area contributed by atoms with Gasteiger partial charge in [-0.1, -0.05) is 44.2 Å². The highest BCUT2D eigenvalue weighted by Gasteiger charge is 2.47. The molecule has 1 heterocycles. The van der Waals surface area contributed by atoms with Crippen molar-refractivity contribution in [2.45, 2.75) is 39.7 Å². The molecule has 1 amide bonds. The van der Waals surface area contributed by atoms with Crippen molar-refractivity contribution in [3.63, 3.8) is 0 Å². The monoisotopic (exact) mass is 485 g/mol. The van der Waals surface area contributed by atoms with Gasteiger partial charge in [0.25, 0.3) is 11.7 Å². The molecule has 0 aliphatic carbocycles. The van der Waals surface area contributed by atoms with Crippen LogP contribution in [0, 0.1) is 6.92 Å². The van der Waals surface area contributed by atoms with Gasteiger partial charge in [0.15, 0.2) is 0 Å². The number of hydrogen-bond donors (Lipinski definition) is 1. The molecule has 1 aliphatic rings. The van der Waals surface area contributed by atoms with Crippen molar-refractivity contribution in [1.82, 2.24) is 0 Å². The highest BCUT2D eigenvalue weighted by Crippen LogP contribution is 2.44. The molecule has 1 N–H and O–H groups in total. The number of aliphatic hydroxyl groups is 1. The van der Waals surface area contributed by atoms with E-state index in [2.05, 4.69) is 0 Å². The smallest absolute Gasteiger partial charge is 0.300 e.